The molecule has 0 saturated heterocycles. The molecule has 4 nitrogen and oxygen atoms in total. The molecule has 2 rings (SSSR count). The number of nitrogens with one attached hydrogen (secondary N) is 1. The van der Waals surface area contributed by atoms with Gasteiger partial charge in [-0.05, 0) is 48.3 Å². The normalized spacial score (nSPS) is 15.3. The first-order valence-electron chi connectivity index (χ1n) is 6.73. The summed E-state index contributed by atoms with van der Waals surface area (Å²) in [4.78, 5) is 23.1. The number of ether oxygens (including phenoxy) is 1. The summed E-state index contributed by atoms with van der Waals surface area (Å²) in [5.41, 5.74) is 0.603. The third-order valence-electron chi connectivity index (χ3n) is 3.47. The molecule has 1 saturated carbocycles. The monoisotopic (exact) mass is 311 g/mol. The number of hydrogen-bond acceptors (Lipinski definition) is 4. The van der Waals surface area contributed by atoms with Gasteiger partial charge in [0.15, 0.2) is 0 Å². The number of benzene rings is 1. The quantitative estimate of drug-likeness (QED) is 0.787. The third-order valence-corrected chi connectivity index (χ3v) is 4.76. The number of rotatable bonds is 7. The predicted molar refractivity (Wildman–Crippen MR) is 80.7 cm³/mol. The first-order valence-corrected chi connectivity index (χ1v) is 7.88. The van der Waals surface area contributed by atoms with Gasteiger partial charge in [0.2, 0.25) is 5.91 Å². The Kier molecular flexibility index (Phi) is 5.22. The number of anilines is 1. The van der Waals surface area contributed by atoms with E-state index in [1.807, 2.05) is 0 Å². The first kappa shape index (κ1) is 15.8. The van der Waals surface area contributed by atoms with Crippen molar-refractivity contribution in [2.75, 3.05) is 23.9 Å². The van der Waals surface area contributed by atoms with Crippen molar-refractivity contribution in [1.82, 2.24) is 0 Å². The molecule has 1 aliphatic rings. The summed E-state index contributed by atoms with van der Waals surface area (Å²) in [7, 11) is 1.39. The van der Waals surface area contributed by atoms with Crippen LogP contribution in [0.1, 0.15) is 19.3 Å². The summed E-state index contributed by atoms with van der Waals surface area (Å²) < 4.78 is 17.4. The molecule has 0 radical (unpaired) electrons. The summed E-state index contributed by atoms with van der Waals surface area (Å²) >= 11 is 1.51. The summed E-state index contributed by atoms with van der Waals surface area (Å²) in [6, 6.07) is 5.66. The number of thioether (sulfide) groups is 1. The van der Waals surface area contributed by atoms with E-state index >= 15 is 0 Å². The van der Waals surface area contributed by atoms with Crippen LogP contribution >= 0.6 is 11.8 Å². The van der Waals surface area contributed by atoms with Crippen molar-refractivity contribution in [1.29, 1.82) is 0 Å². The van der Waals surface area contributed by atoms with Crippen LogP contribution < -0.4 is 5.32 Å². The van der Waals surface area contributed by atoms with Gasteiger partial charge in [0.1, 0.15) is 5.82 Å². The van der Waals surface area contributed by atoms with E-state index in [1.54, 1.807) is 0 Å². The fourth-order valence-corrected chi connectivity index (χ4v) is 3.20. The van der Waals surface area contributed by atoms with Crippen LogP contribution in [0.4, 0.5) is 10.1 Å². The second-order valence-corrected chi connectivity index (χ2v) is 6.29. The van der Waals surface area contributed by atoms with E-state index in [9.17, 15) is 14.0 Å². The smallest absolute Gasteiger partial charge is 0.306 e. The van der Waals surface area contributed by atoms with Crippen LogP contribution in [0, 0.1) is 11.2 Å². The Morgan fingerprint density at radius 2 is 2.00 bits per heavy atom. The van der Waals surface area contributed by atoms with Gasteiger partial charge < -0.3 is 10.1 Å². The summed E-state index contributed by atoms with van der Waals surface area (Å²) in [5.74, 6) is 0.449. The molecule has 1 N–H and O–H groups in total. The summed E-state index contributed by atoms with van der Waals surface area (Å²) in [6.45, 7) is 0. The minimum atomic E-state index is -0.333. The highest BCUT2D eigenvalue weighted by Crippen LogP contribution is 2.51. The Hall–Kier alpha value is -1.56. The number of esters is 1. The highest BCUT2D eigenvalue weighted by atomic mass is 32.2. The van der Waals surface area contributed by atoms with Crippen LogP contribution in [0.3, 0.4) is 0 Å². The van der Waals surface area contributed by atoms with Crippen molar-refractivity contribution in [2.24, 2.45) is 5.41 Å². The molecule has 21 heavy (non-hydrogen) atoms. The lowest BCUT2D eigenvalue weighted by Gasteiger charge is -2.12. The van der Waals surface area contributed by atoms with Gasteiger partial charge in [-0.25, -0.2) is 4.39 Å². The molecule has 0 unspecified atom stereocenters. The Bertz CT molecular complexity index is 514. The molecule has 0 atom stereocenters. The molecule has 1 aromatic rings. The highest BCUT2D eigenvalue weighted by molar-refractivity contribution is 8.00. The van der Waals surface area contributed by atoms with E-state index in [2.05, 4.69) is 10.1 Å². The van der Waals surface area contributed by atoms with E-state index in [0.717, 1.165) is 18.6 Å². The van der Waals surface area contributed by atoms with Crippen molar-refractivity contribution >= 4 is 29.3 Å². The minimum Gasteiger partial charge on any atom is -0.469 e. The van der Waals surface area contributed by atoms with E-state index in [-0.39, 0.29) is 23.1 Å². The minimum absolute atomic E-state index is 0.0217. The fraction of sp³-hybridized carbons (Fsp3) is 0.467. The zero-order valence-corrected chi connectivity index (χ0v) is 12.7. The number of amides is 1. The van der Waals surface area contributed by atoms with Crippen molar-refractivity contribution in [3.63, 3.8) is 0 Å². The molecule has 1 fully saturated rings. The fourth-order valence-electron chi connectivity index (χ4n) is 2.02. The van der Waals surface area contributed by atoms with Gasteiger partial charge in [-0.15, -0.1) is 0 Å². The Balaban J connectivity index is 1.70. The van der Waals surface area contributed by atoms with Gasteiger partial charge in [-0.1, -0.05) is 0 Å². The zero-order chi connectivity index (χ0) is 15.3. The average Bonchev–Trinajstić information content (AvgIpc) is 3.21. The van der Waals surface area contributed by atoms with Crippen LogP contribution in [0.5, 0.6) is 0 Å². The number of carbonyl (C=O) groups excluding carboxylic acids is 2. The summed E-state index contributed by atoms with van der Waals surface area (Å²) in [6.07, 6.45) is 2.44. The van der Waals surface area contributed by atoms with Gasteiger partial charge in [0.05, 0.1) is 19.3 Å². The molecule has 114 valence electrons. The van der Waals surface area contributed by atoms with Crippen LogP contribution in [-0.2, 0) is 14.3 Å². The van der Waals surface area contributed by atoms with Crippen LogP contribution in [0.2, 0.25) is 0 Å². The van der Waals surface area contributed by atoms with E-state index in [1.165, 1.54) is 43.1 Å². The van der Waals surface area contributed by atoms with Gasteiger partial charge >= 0.3 is 5.97 Å². The van der Waals surface area contributed by atoms with Crippen LogP contribution in [-0.4, -0.2) is 30.5 Å². The molecule has 0 bridgehead atoms. The van der Waals surface area contributed by atoms with Gasteiger partial charge in [0.25, 0.3) is 0 Å². The molecule has 0 heterocycles. The number of hydrogen-bond donors (Lipinski definition) is 1. The maximum Gasteiger partial charge on any atom is 0.306 e. The lowest BCUT2D eigenvalue weighted by molar-refractivity contribution is -0.141. The van der Waals surface area contributed by atoms with Gasteiger partial charge in [0, 0.05) is 5.69 Å². The van der Waals surface area contributed by atoms with Gasteiger partial charge in [-0.2, -0.15) is 11.8 Å². The average molecular weight is 311 g/mol. The first-order chi connectivity index (χ1) is 10.0. The molecule has 1 aromatic carbocycles. The topological polar surface area (TPSA) is 55.4 Å². The largest absolute Gasteiger partial charge is 0.469 e. The van der Waals surface area contributed by atoms with Crippen LogP contribution in [0.15, 0.2) is 24.3 Å². The lowest BCUT2D eigenvalue weighted by Crippen LogP contribution is -2.17. The molecule has 0 aromatic heterocycles. The third kappa shape index (κ3) is 5.04. The highest BCUT2D eigenvalue weighted by Gasteiger charge is 2.44. The Morgan fingerprint density at radius 3 is 2.57 bits per heavy atom. The SMILES string of the molecule is COC(=O)CC1(CSCC(=O)Nc2ccc(F)cc2)CC1. The second-order valence-electron chi connectivity index (χ2n) is 5.30. The van der Waals surface area contributed by atoms with Crippen molar-refractivity contribution in [3.8, 4) is 0 Å². The van der Waals surface area contributed by atoms with E-state index in [4.69, 9.17) is 0 Å². The number of carbonyl (C=O) groups is 2. The zero-order valence-electron chi connectivity index (χ0n) is 11.9. The molecule has 1 amide bonds. The van der Waals surface area contributed by atoms with Crippen molar-refractivity contribution < 1.29 is 18.7 Å². The molecule has 0 spiro atoms. The lowest BCUT2D eigenvalue weighted by atomic mass is 10.1. The number of halogens is 1. The van der Waals surface area contributed by atoms with Crippen molar-refractivity contribution in [2.45, 2.75) is 19.3 Å². The molecule has 6 heteroatoms. The molecule has 0 aliphatic heterocycles. The van der Waals surface area contributed by atoms with Gasteiger partial charge in [-0.3, -0.25) is 9.59 Å². The number of methoxy groups -OCH3 is 1. The maximum atomic E-state index is 12.7. The Morgan fingerprint density at radius 1 is 1.33 bits per heavy atom. The van der Waals surface area contributed by atoms with E-state index in [0.29, 0.717) is 17.9 Å². The Labute approximate surface area is 127 Å². The standard InChI is InChI=1S/C15H18FNO3S/c1-20-14(19)8-15(6-7-15)10-21-9-13(18)17-12-4-2-11(16)3-5-12/h2-5H,6-10H2,1H3,(H,17,18). The summed E-state index contributed by atoms with van der Waals surface area (Å²) in [5, 5.41) is 2.71. The second kappa shape index (κ2) is 6.93. The van der Waals surface area contributed by atoms with Crippen molar-refractivity contribution in [3.05, 3.63) is 30.1 Å². The van der Waals surface area contributed by atoms with Crippen LogP contribution in [0.25, 0.3) is 0 Å². The molecule has 1 aliphatic carbocycles. The predicted octanol–water partition coefficient (Wildman–Crippen LogP) is 2.84. The molecular weight excluding hydrogens is 293 g/mol. The maximum absolute atomic E-state index is 12.7. The van der Waals surface area contributed by atoms with E-state index < -0.39 is 0 Å². The molecular formula is C15H18FNO3S.